The summed E-state index contributed by atoms with van der Waals surface area (Å²) >= 11 is 0. The van der Waals surface area contributed by atoms with Crippen molar-refractivity contribution in [3.8, 4) is 0 Å². The third-order valence-electron chi connectivity index (χ3n) is 4.18. The molecule has 0 amide bonds. The molecule has 1 atom stereocenters. The van der Waals surface area contributed by atoms with Gasteiger partial charge in [-0.25, -0.2) is 4.89 Å². The fourth-order valence-electron chi connectivity index (χ4n) is 2.63. The molecule has 0 bridgehead atoms. The molecule has 0 fully saturated rings. The van der Waals surface area contributed by atoms with Crippen molar-refractivity contribution in [1.29, 1.82) is 0 Å². The summed E-state index contributed by atoms with van der Waals surface area (Å²) in [5, 5.41) is 17.4. The highest BCUT2D eigenvalue weighted by Crippen LogP contribution is 2.09. The molecule has 26 heavy (non-hydrogen) atoms. The van der Waals surface area contributed by atoms with E-state index < -0.39 is 5.97 Å². The maximum atomic E-state index is 10.4. The van der Waals surface area contributed by atoms with Crippen molar-refractivity contribution >= 4 is 5.97 Å². The molecule has 0 spiro atoms. The molecular formula is C22H38O4. The van der Waals surface area contributed by atoms with E-state index in [1.807, 2.05) is 12.2 Å². The van der Waals surface area contributed by atoms with Crippen LogP contribution in [-0.2, 0) is 9.68 Å². The maximum absolute atomic E-state index is 10.4. The smallest absolute Gasteiger partial charge is 0.303 e. The van der Waals surface area contributed by atoms with Gasteiger partial charge in [0.2, 0.25) is 0 Å². The topological polar surface area (TPSA) is 66.8 Å². The van der Waals surface area contributed by atoms with Gasteiger partial charge in [-0.05, 0) is 57.8 Å². The molecule has 0 aromatic carbocycles. The molecule has 0 aliphatic carbocycles. The van der Waals surface area contributed by atoms with Crippen molar-refractivity contribution in [3.63, 3.8) is 0 Å². The zero-order valence-corrected chi connectivity index (χ0v) is 16.4. The molecule has 4 heteroatoms. The van der Waals surface area contributed by atoms with Gasteiger partial charge in [0.1, 0.15) is 6.10 Å². The summed E-state index contributed by atoms with van der Waals surface area (Å²) in [6, 6.07) is 0. The van der Waals surface area contributed by atoms with Crippen LogP contribution in [-0.4, -0.2) is 22.4 Å². The van der Waals surface area contributed by atoms with Crippen LogP contribution in [0.3, 0.4) is 0 Å². The molecule has 150 valence electrons. The molecule has 0 aromatic rings. The predicted molar refractivity (Wildman–Crippen MR) is 108 cm³/mol. The Hall–Kier alpha value is -1.39. The Morgan fingerprint density at radius 3 is 1.96 bits per heavy atom. The number of unbranched alkanes of at least 4 members (excludes halogenated alkanes) is 8. The molecule has 0 saturated heterocycles. The van der Waals surface area contributed by atoms with Crippen molar-refractivity contribution in [2.45, 2.75) is 96.5 Å². The summed E-state index contributed by atoms with van der Waals surface area (Å²) < 4.78 is 0. The van der Waals surface area contributed by atoms with Crippen LogP contribution >= 0.6 is 0 Å². The van der Waals surface area contributed by atoms with Crippen LogP contribution in [0.1, 0.15) is 90.4 Å². The largest absolute Gasteiger partial charge is 0.481 e. The minimum Gasteiger partial charge on any atom is -0.481 e. The Morgan fingerprint density at radius 1 is 0.846 bits per heavy atom. The van der Waals surface area contributed by atoms with Crippen LogP contribution in [0, 0.1) is 0 Å². The summed E-state index contributed by atoms with van der Waals surface area (Å²) in [6.07, 6.45) is 25.4. The first-order valence-corrected chi connectivity index (χ1v) is 10.2. The standard InChI is InChI=1S/C22H38O4/c1-2-3-15-18-21(26-25)19-16-13-11-9-7-5-4-6-8-10-12-14-17-20-22(23)24/h3,6,8,15-16,19,21,25H,2,4-5,7,9-14,17-18,20H2,1H3,(H,23,24)/b8-6-,15-3-,19-16+/t21-/m0/s1. The lowest BCUT2D eigenvalue weighted by atomic mass is 10.1. The first-order chi connectivity index (χ1) is 12.7. The summed E-state index contributed by atoms with van der Waals surface area (Å²) in [5.41, 5.74) is 0. The van der Waals surface area contributed by atoms with Crippen molar-refractivity contribution in [2.24, 2.45) is 0 Å². The highest BCUT2D eigenvalue weighted by molar-refractivity contribution is 5.66. The lowest BCUT2D eigenvalue weighted by Crippen LogP contribution is -2.05. The van der Waals surface area contributed by atoms with E-state index in [2.05, 4.69) is 36.1 Å². The molecular weight excluding hydrogens is 328 g/mol. The molecule has 0 aromatic heterocycles. The SMILES string of the molecule is CC/C=C\C[C@@H](/C=C/CCCCCC/C=C\CCCCCC(=O)O)OO. The Bertz CT molecular complexity index is 399. The number of carboxylic acids is 1. The van der Waals surface area contributed by atoms with E-state index in [1.54, 1.807) is 0 Å². The lowest BCUT2D eigenvalue weighted by molar-refractivity contribution is -0.264. The number of hydrogen-bond acceptors (Lipinski definition) is 3. The van der Waals surface area contributed by atoms with Gasteiger partial charge < -0.3 is 5.11 Å². The van der Waals surface area contributed by atoms with E-state index in [1.165, 1.54) is 25.7 Å². The van der Waals surface area contributed by atoms with Crippen LogP contribution in [0.4, 0.5) is 0 Å². The van der Waals surface area contributed by atoms with E-state index in [0.717, 1.165) is 44.9 Å². The lowest BCUT2D eigenvalue weighted by Gasteiger charge is -2.05. The summed E-state index contributed by atoms with van der Waals surface area (Å²) in [7, 11) is 0. The zero-order valence-electron chi connectivity index (χ0n) is 16.4. The molecule has 0 saturated carbocycles. The maximum Gasteiger partial charge on any atom is 0.303 e. The fourth-order valence-corrected chi connectivity index (χ4v) is 2.63. The monoisotopic (exact) mass is 366 g/mol. The second kappa shape index (κ2) is 19.9. The van der Waals surface area contributed by atoms with Crippen molar-refractivity contribution in [2.75, 3.05) is 0 Å². The molecule has 0 radical (unpaired) electrons. The molecule has 0 aliphatic rings. The molecule has 0 unspecified atom stereocenters. The normalized spacial score (nSPS) is 13.3. The number of carboxylic acid groups (broad SMARTS) is 1. The fraction of sp³-hybridized carbons (Fsp3) is 0.682. The average molecular weight is 367 g/mol. The van der Waals surface area contributed by atoms with Crippen molar-refractivity contribution in [1.82, 2.24) is 0 Å². The van der Waals surface area contributed by atoms with Gasteiger partial charge in [-0.15, -0.1) is 0 Å². The molecule has 0 heterocycles. The van der Waals surface area contributed by atoms with Gasteiger partial charge in [0.15, 0.2) is 0 Å². The van der Waals surface area contributed by atoms with E-state index >= 15 is 0 Å². The minimum absolute atomic E-state index is 0.230. The number of allylic oxidation sites excluding steroid dienone is 4. The number of hydrogen-bond donors (Lipinski definition) is 2. The Morgan fingerprint density at radius 2 is 1.42 bits per heavy atom. The van der Waals surface area contributed by atoms with Crippen LogP contribution < -0.4 is 0 Å². The van der Waals surface area contributed by atoms with Crippen LogP contribution in [0.5, 0.6) is 0 Å². The van der Waals surface area contributed by atoms with E-state index in [9.17, 15) is 4.79 Å². The first-order valence-electron chi connectivity index (χ1n) is 10.2. The quantitative estimate of drug-likeness (QED) is 0.123. The highest BCUT2D eigenvalue weighted by atomic mass is 17.1. The third kappa shape index (κ3) is 18.9. The summed E-state index contributed by atoms with van der Waals surface area (Å²) in [4.78, 5) is 14.8. The number of carbonyl (C=O) groups is 1. The van der Waals surface area contributed by atoms with Gasteiger partial charge in [0, 0.05) is 6.42 Å². The molecule has 2 N–H and O–H groups in total. The van der Waals surface area contributed by atoms with Crippen molar-refractivity contribution < 1.29 is 20.0 Å². The second-order valence-corrected chi connectivity index (χ2v) is 6.64. The summed E-state index contributed by atoms with van der Waals surface area (Å²) in [6.45, 7) is 2.09. The molecule has 0 aliphatic heterocycles. The van der Waals surface area contributed by atoms with Gasteiger partial charge >= 0.3 is 5.97 Å². The third-order valence-corrected chi connectivity index (χ3v) is 4.18. The number of aliphatic carboxylic acids is 1. The number of rotatable bonds is 18. The second-order valence-electron chi connectivity index (χ2n) is 6.64. The van der Waals surface area contributed by atoms with E-state index in [-0.39, 0.29) is 6.10 Å². The van der Waals surface area contributed by atoms with Crippen LogP contribution in [0.15, 0.2) is 36.5 Å². The highest BCUT2D eigenvalue weighted by Gasteiger charge is 2.00. The van der Waals surface area contributed by atoms with E-state index in [4.69, 9.17) is 10.4 Å². The zero-order chi connectivity index (χ0) is 19.3. The molecule has 4 nitrogen and oxygen atoms in total. The Kier molecular flexibility index (Phi) is 18.9. The van der Waals surface area contributed by atoms with Gasteiger partial charge in [0.25, 0.3) is 0 Å². The summed E-state index contributed by atoms with van der Waals surface area (Å²) in [5.74, 6) is -0.693. The molecule has 0 rings (SSSR count). The first kappa shape index (κ1) is 24.6. The van der Waals surface area contributed by atoms with E-state index in [0.29, 0.717) is 12.8 Å². The predicted octanol–water partition coefficient (Wildman–Crippen LogP) is 6.69. The van der Waals surface area contributed by atoms with Crippen molar-refractivity contribution in [3.05, 3.63) is 36.5 Å². The van der Waals surface area contributed by atoms with Crippen LogP contribution in [0.25, 0.3) is 0 Å². The van der Waals surface area contributed by atoms with Gasteiger partial charge in [-0.1, -0.05) is 62.6 Å². The van der Waals surface area contributed by atoms with Gasteiger partial charge in [-0.2, -0.15) is 0 Å². The Labute approximate surface area is 159 Å². The minimum atomic E-state index is -0.693. The average Bonchev–Trinajstić information content (AvgIpc) is 2.63. The Balaban J connectivity index is 3.41. The van der Waals surface area contributed by atoms with Gasteiger partial charge in [-0.3, -0.25) is 10.1 Å². The van der Waals surface area contributed by atoms with Gasteiger partial charge in [0.05, 0.1) is 0 Å². The van der Waals surface area contributed by atoms with Crippen LogP contribution in [0.2, 0.25) is 0 Å².